The molecule has 10 heterocycles. The molecule has 38 nitrogen and oxygen atoms in total. The molecule has 52 heteroatoms. The zero-order valence-corrected chi connectivity index (χ0v) is 87.8. The first-order chi connectivity index (χ1) is 59.4. The Labute approximate surface area is 821 Å². The third kappa shape index (κ3) is 54.2. The summed E-state index contributed by atoms with van der Waals surface area (Å²) in [5.41, 5.74) is 16.8. The van der Waals surface area contributed by atoms with Crippen molar-refractivity contribution in [3.8, 4) is 0 Å². The molecule has 2 amide bonds. The number of benzene rings is 1. The van der Waals surface area contributed by atoms with Crippen LogP contribution in [-0.4, -0.2) is 218 Å². The van der Waals surface area contributed by atoms with Crippen molar-refractivity contribution >= 4 is 267 Å². The first-order valence-corrected chi connectivity index (χ1v) is 51.8. The van der Waals surface area contributed by atoms with Gasteiger partial charge in [0.25, 0.3) is 0 Å². The van der Waals surface area contributed by atoms with E-state index in [1.165, 1.54) is 73.4 Å². The van der Waals surface area contributed by atoms with Gasteiger partial charge < -0.3 is 68.5 Å². The summed E-state index contributed by atoms with van der Waals surface area (Å²) in [7, 11) is 9.54. The molecule has 127 heavy (non-hydrogen) atoms. The van der Waals surface area contributed by atoms with Crippen LogP contribution in [0.1, 0.15) is 118 Å². The number of anilines is 8. The van der Waals surface area contributed by atoms with Crippen molar-refractivity contribution in [3.63, 3.8) is 0 Å². The Balaban J connectivity index is 0. The first-order valence-electron chi connectivity index (χ1n) is 37.3. The molecule has 3 aliphatic rings. The molecule has 0 saturated heterocycles. The van der Waals surface area contributed by atoms with Gasteiger partial charge in [0, 0.05) is 163 Å². The Bertz CT molecular complexity index is 4690. The number of amides is 2. The maximum absolute atomic E-state index is 11.6. The molecule has 699 valence electrons. The normalized spacial score (nSPS) is 14.3. The number of carbonyl (C=O) groups excluding carboxylic acids is 3. The second-order valence-electron chi connectivity index (χ2n) is 26.8. The van der Waals surface area contributed by atoms with E-state index in [0.717, 1.165) is 88.7 Å². The van der Waals surface area contributed by atoms with Gasteiger partial charge >= 0.3 is 88.9 Å². The Hall–Kier alpha value is -6.44. The number of aryl methyl sites for hydroxylation is 4. The van der Waals surface area contributed by atoms with Crippen LogP contribution in [-0.2, 0) is 44.0 Å². The summed E-state index contributed by atoms with van der Waals surface area (Å²) in [4.78, 5) is 93.9. The zero-order chi connectivity index (χ0) is 97.6. The van der Waals surface area contributed by atoms with Gasteiger partial charge in [0.05, 0.1) is 53.5 Å². The second kappa shape index (κ2) is 67.7. The van der Waals surface area contributed by atoms with Crippen LogP contribution < -0.4 is 47.9 Å². The van der Waals surface area contributed by atoms with Crippen LogP contribution in [0, 0.1) is 37.3 Å². The number of nitrogens with zero attached hydrogens (tertiary/aromatic N) is 13. The van der Waals surface area contributed by atoms with Crippen LogP contribution in [0.5, 0.6) is 0 Å². The number of hydrogen-bond acceptors (Lipinski definition) is 32. The third-order valence-corrected chi connectivity index (χ3v) is 18.6. The van der Waals surface area contributed by atoms with Gasteiger partial charge in [-0.3, -0.25) is 58.7 Å². The summed E-state index contributed by atoms with van der Waals surface area (Å²) in [6.45, 7) is 21.8. The molecule has 3 aliphatic heterocycles. The average Bonchev–Trinajstić information content (AvgIpc) is 0.797. The molecule has 7 aromatic heterocycles. The monoisotopic (exact) mass is 2380 g/mol. The fourth-order valence-electron chi connectivity index (χ4n) is 9.95. The number of aliphatic hydroxyl groups is 5. The molecule has 0 saturated carbocycles. The molecule has 0 spiro atoms. The van der Waals surface area contributed by atoms with Crippen LogP contribution in [0.15, 0.2) is 147 Å². The molecule has 0 fully saturated rings. The summed E-state index contributed by atoms with van der Waals surface area (Å²) in [6.07, 6.45) is 17.7. The predicted molar refractivity (Wildman–Crippen MR) is 526 cm³/mol. The van der Waals surface area contributed by atoms with Crippen LogP contribution in [0.25, 0.3) is 0 Å². The number of rotatable bonds is 16. The average molecular weight is 2390 g/mol. The first kappa shape index (κ1) is 123. The van der Waals surface area contributed by atoms with Crippen LogP contribution in [0.2, 0.25) is 5.15 Å². The van der Waals surface area contributed by atoms with E-state index in [-0.39, 0.29) is 120 Å². The van der Waals surface area contributed by atoms with E-state index < -0.39 is 44.1 Å². The van der Waals surface area contributed by atoms with Gasteiger partial charge in [-0.05, 0) is 269 Å². The van der Waals surface area contributed by atoms with E-state index in [9.17, 15) is 44.7 Å². The molecule has 11 rings (SSSR count). The Kier molecular flexibility index (Phi) is 65.4. The number of halogens is 10. The van der Waals surface area contributed by atoms with E-state index in [2.05, 4.69) is 226 Å². The molecule has 1 aromatic carbocycles. The number of nitrogen functional groups attached to an aromatic ring is 1. The Morgan fingerprint density at radius 3 is 1.38 bits per heavy atom. The Morgan fingerprint density at radius 1 is 0.583 bits per heavy atom. The molecule has 0 bridgehead atoms. The van der Waals surface area contributed by atoms with Gasteiger partial charge in [0.1, 0.15) is 23.3 Å². The van der Waals surface area contributed by atoms with Crippen molar-refractivity contribution < 1.29 is 72.2 Å². The van der Waals surface area contributed by atoms with Gasteiger partial charge in [-0.1, -0.05) is 27.5 Å². The fraction of sp³-hybridized carbons (Fsp3) is 0.413. The topological polar surface area (TPSA) is 578 Å². The predicted octanol–water partition coefficient (Wildman–Crippen LogP) is 16.0. The SMILES string of the molecule is CC(=O)Cl.CC(=O)N1c2ccc(Br)cc2CC[C@@H]1C.CC(=O)N1c2ncc(Br)cc2CC[C@@H]1C.C[C@@H](CO)Nc1ncc(Br)cc1N.C[C@@H](CO)Nc1ncc(Br)cc1[N+](=O)[O-].C[C@@H](CO)Nc1ncccc1[N+](=O)[O-].C[C@H](N)CO.C[C@H]1CCc2cc(Br)cnc2N1.Cc1cc(Br)cnc1N[C@@H](C)CO.O=S(=O)(O)O.O=[N+]([O-])c1cccnc1Cl.[B]=NS.[Cl][Sn][Cl]. The van der Waals surface area contributed by atoms with E-state index in [1.54, 1.807) is 64.2 Å². The third-order valence-electron chi connectivity index (χ3n) is 15.6. The molecular weight excluding hydrogens is 2280 g/mol. The number of aromatic nitrogens is 7. The van der Waals surface area contributed by atoms with Gasteiger partial charge in [-0.2, -0.15) is 8.42 Å². The van der Waals surface area contributed by atoms with Crippen LogP contribution >= 0.6 is 149 Å². The van der Waals surface area contributed by atoms with Gasteiger partial charge in [-0.15, -0.1) is 0 Å². The summed E-state index contributed by atoms with van der Waals surface area (Å²) in [5.74, 6) is 3.84. The summed E-state index contributed by atoms with van der Waals surface area (Å²) in [6, 6.07) is 21.6. The number of pyridine rings is 7. The minimum absolute atomic E-state index is 0.0346. The standard InChI is InChI=1S/C12H14BrNO.C11H13BrN2O.C9H13BrN2O.C9H11BrN2.C8H10BrN3O3.C8H12BrN3O.C8H11N3O3.C5H3ClN2O2.C3H9NO.C2H3ClO.BHNS.2ClH.H2O4S.Sn/c1-8-3-4-10-7-11(13)5-6-12(10)14(8)9(2)15;1-7-3-4-9-5-10(12)6-13-11(9)14(7)8(2)15;1-6-3-8(10)4-11-9(6)12-7(2)5-13;1-6-2-3-7-4-8(10)5-11-9(7)12-6;1-5(4-13)11-8-7(12(14)15)2-6(9)3-10-8;1-5(4-13)12-8-7(10)2-6(9)3-11-8;1-6(5-12)10-8-7(11(13)14)3-2-4-9-8;6-5-4(8(9)10)2-1-3-7-5;1-3(4)2-5;1-2(3)4;1-2-3;;;1-5(2,3)4;/h5-8H,3-4H2,1-2H3;5-7H,3-4H2,1-2H3;3-4,7,13H,5H2,1-2H3,(H,11,12);4-6H,2-3H2,1H3,(H,11,12);2-3,5,13H,4H2,1H3,(H,10,11);2-3,5,13H,4,10H2,1H3,(H,11,12);2-4,6,12H,5H2,1H3,(H,9,10);1-3H;3,5H,2,4H2,1H3;1H3;3H;2*1H;(H2,1,2,3,4);/q;;;;;;;;;;;;;;+2/p-2/t8-;2*7-;6-;2*5-;6-;;3-;;;;;;/m0000000.0....../s1. The van der Waals surface area contributed by atoms with Crippen molar-refractivity contribution in [1.82, 2.24) is 34.9 Å². The summed E-state index contributed by atoms with van der Waals surface area (Å²) < 4.78 is 39.7. The van der Waals surface area contributed by atoms with E-state index >= 15 is 0 Å². The summed E-state index contributed by atoms with van der Waals surface area (Å²) >= 11 is 32.3. The number of nitrogens with two attached hydrogens (primary N) is 2. The van der Waals surface area contributed by atoms with Crippen molar-refractivity contribution in [1.29, 1.82) is 0 Å². The van der Waals surface area contributed by atoms with Crippen molar-refractivity contribution in [3.05, 3.63) is 201 Å². The van der Waals surface area contributed by atoms with E-state index in [0.29, 0.717) is 28.1 Å². The number of hydrogen-bond donors (Lipinski definition) is 15. The molecule has 8 atom stereocenters. The number of thiol groups is 1. The zero-order valence-electron chi connectivity index (χ0n) is 70.7. The van der Waals surface area contributed by atoms with Gasteiger partial charge in [0.2, 0.25) is 33.8 Å². The minimum atomic E-state index is -4.67. The maximum atomic E-state index is 11.6. The molecule has 0 unspecified atom stereocenters. The van der Waals surface area contributed by atoms with E-state index in [4.69, 9.17) is 84.0 Å². The molecule has 16 N–H and O–H groups in total. The van der Waals surface area contributed by atoms with Crippen LogP contribution in [0.3, 0.4) is 0 Å². The van der Waals surface area contributed by atoms with Crippen molar-refractivity contribution in [2.24, 2.45) is 10.0 Å². The second-order valence-corrected chi connectivity index (χ2v) is 38.5. The molecule has 8 aromatic rings. The van der Waals surface area contributed by atoms with Crippen molar-refractivity contribution in [2.75, 3.05) is 75.2 Å². The number of fused-ring (bicyclic) bond motifs is 3. The van der Waals surface area contributed by atoms with E-state index in [1.807, 2.05) is 56.1 Å². The van der Waals surface area contributed by atoms with Crippen molar-refractivity contribution in [2.45, 2.75) is 170 Å². The molecule has 0 aliphatic carbocycles. The number of carbonyl (C=O) groups is 3. The van der Waals surface area contributed by atoms with Gasteiger partial charge in [-0.25, -0.2) is 34.9 Å². The number of nitrogens with one attached hydrogen (secondary N) is 5. The number of nitro groups is 3. The fourth-order valence-corrected chi connectivity index (χ4v) is 12.4. The molecular formula is C75H102BBr6Cl4N20O18S2Sn. The molecule has 3 radical (unpaired) electrons. The van der Waals surface area contributed by atoms with Gasteiger partial charge in [0.15, 0.2) is 0 Å². The number of aliphatic hydroxyl groups excluding tert-OH is 5. The quantitative estimate of drug-likeness (QED) is 0.00812. The Morgan fingerprint density at radius 2 is 0.945 bits per heavy atom. The van der Waals surface area contributed by atoms with Crippen LogP contribution in [0.4, 0.5) is 63.3 Å². The summed E-state index contributed by atoms with van der Waals surface area (Å²) in [5, 5.41) is 89.1.